The van der Waals surface area contributed by atoms with Crippen LogP contribution in [0.3, 0.4) is 0 Å². The lowest BCUT2D eigenvalue weighted by atomic mass is 9.83. The third-order valence-corrected chi connectivity index (χ3v) is 22.9. The van der Waals surface area contributed by atoms with Crippen molar-refractivity contribution in [2.75, 3.05) is 113 Å². The summed E-state index contributed by atoms with van der Waals surface area (Å²) in [6, 6.07) is -0.587. The summed E-state index contributed by atoms with van der Waals surface area (Å²) in [6.07, 6.45) is 3.45. The van der Waals surface area contributed by atoms with E-state index in [9.17, 15) is 98.9 Å². The highest BCUT2D eigenvalue weighted by atomic mass is 31.2. The Bertz CT molecular complexity index is 2600. The van der Waals surface area contributed by atoms with Crippen LogP contribution < -0.4 is 15.5 Å². The Balaban J connectivity index is 1.28. The molecule has 4 heterocycles. The Kier molecular flexibility index (Phi) is 53.8. The van der Waals surface area contributed by atoms with Crippen molar-refractivity contribution in [2.45, 2.75) is 331 Å². The lowest BCUT2D eigenvalue weighted by Gasteiger charge is -2.40. The molecule has 34 nitrogen and oxygen atoms in total. The monoisotopic (exact) mass is 1680 g/mol. The summed E-state index contributed by atoms with van der Waals surface area (Å²) in [5, 5.41) is 106. The number of phosphoric ester groups is 1. The smallest absolute Gasteiger partial charge is 0.267 e. The van der Waals surface area contributed by atoms with Crippen LogP contribution in [0, 0.1) is 23.2 Å². The van der Waals surface area contributed by atoms with Gasteiger partial charge in [-0.25, -0.2) is 0 Å². The van der Waals surface area contributed by atoms with E-state index in [0.717, 1.165) is 45.6 Å². The SMILES string of the molecule is COP(=O)([O-])OC[C@@H]1C[C@@H](O)CN1C(=O)CCCCCCCCCCC(=O)CC(COCCC(=O)CCCCCC(=O)CCCCOC1OC(CO)C(O)C(O)C1C)(COCCC(=O)CCCCCC(=O)CCCCOC1OC(CO)C(O)C(O)C1C)COCCC(=O)NCCCNC(=O)CCCCOC1OC(CO)C(O)C(O)C1C. The number of nitrogens with one attached hydrogen (secondary N) is 2. The van der Waals surface area contributed by atoms with Gasteiger partial charge in [-0.1, -0.05) is 72.1 Å². The molecule has 4 aliphatic heterocycles. The van der Waals surface area contributed by atoms with E-state index in [1.807, 2.05) is 0 Å². The van der Waals surface area contributed by atoms with E-state index in [2.05, 4.69) is 15.2 Å². The van der Waals surface area contributed by atoms with Gasteiger partial charge < -0.3 is 123 Å². The highest BCUT2D eigenvalue weighted by molar-refractivity contribution is 7.45. The summed E-state index contributed by atoms with van der Waals surface area (Å²) in [5.74, 6) is -2.26. The van der Waals surface area contributed by atoms with Gasteiger partial charge in [0.25, 0.3) is 7.82 Å². The summed E-state index contributed by atoms with van der Waals surface area (Å²) >= 11 is 0. The highest BCUT2D eigenvalue weighted by Crippen LogP contribution is 2.38. The van der Waals surface area contributed by atoms with Crippen LogP contribution in [0.25, 0.3) is 0 Å². The molecule has 116 heavy (non-hydrogen) atoms. The number of rotatable bonds is 69. The molecule has 0 aromatic carbocycles. The van der Waals surface area contributed by atoms with Gasteiger partial charge in [0.1, 0.15) is 65.5 Å². The largest absolute Gasteiger partial charge is 0.756 e. The van der Waals surface area contributed by atoms with Gasteiger partial charge in [0.05, 0.1) is 96.5 Å². The second kappa shape index (κ2) is 59.8. The average molecular weight is 1690 g/mol. The average Bonchev–Trinajstić information content (AvgIpc) is 1.41. The van der Waals surface area contributed by atoms with Crippen molar-refractivity contribution < 1.29 is 151 Å². The molecule has 0 aromatic rings. The molecule has 4 fully saturated rings. The number of carbonyl (C=O) groups excluding carboxylic acids is 8. The molecule has 0 saturated carbocycles. The Morgan fingerprint density at radius 2 is 0.750 bits per heavy atom. The number of hydrogen-bond acceptors (Lipinski definition) is 31. The van der Waals surface area contributed by atoms with Crippen molar-refractivity contribution in [3.63, 3.8) is 0 Å². The lowest BCUT2D eigenvalue weighted by Crippen LogP contribution is -2.55. The first kappa shape index (κ1) is 104. The maximum Gasteiger partial charge on any atom is 0.267 e. The molecule has 0 radical (unpaired) electrons. The van der Waals surface area contributed by atoms with Crippen molar-refractivity contribution in [3.05, 3.63) is 0 Å². The molecule has 4 aliphatic rings. The van der Waals surface area contributed by atoms with Gasteiger partial charge in [-0.05, 0) is 89.9 Å². The summed E-state index contributed by atoms with van der Waals surface area (Å²) in [4.78, 5) is 118. The Morgan fingerprint density at radius 1 is 0.422 bits per heavy atom. The normalized spacial score (nSPS) is 26.6. The van der Waals surface area contributed by atoms with Crippen molar-refractivity contribution >= 4 is 54.5 Å². The topological polar surface area (TPSA) is 508 Å². The fourth-order valence-corrected chi connectivity index (χ4v) is 15.0. The number of aliphatic hydroxyl groups is 10. The van der Waals surface area contributed by atoms with Gasteiger partial charge in [0, 0.05) is 153 Å². The molecule has 12 N–H and O–H groups in total. The van der Waals surface area contributed by atoms with Crippen LogP contribution >= 0.6 is 7.82 Å². The zero-order chi connectivity index (χ0) is 85.3. The van der Waals surface area contributed by atoms with Crippen LogP contribution in [-0.2, 0) is 94.6 Å². The van der Waals surface area contributed by atoms with Gasteiger partial charge in [0.2, 0.25) is 17.7 Å². The summed E-state index contributed by atoms with van der Waals surface area (Å²) in [7, 11) is -3.52. The van der Waals surface area contributed by atoms with E-state index in [0.29, 0.717) is 129 Å². The first-order valence-corrected chi connectivity index (χ1v) is 44.1. The Hall–Kier alpha value is -3.89. The molecule has 16 unspecified atom stereocenters. The molecule has 0 aromatic heterocycles. The van der Waals surface area contributed by atoms with E-state index < -0.39 is 137 Å². The predicted octanol–water partition coefficient (Wildman–Crippen LogP) is 3.73. The quantitative estimate of drug-likeness (QED) is 0.0305. The number of unbranched alkanes of at least 4 members (excludes halogenated alkanes) is 14. The van der Waals surface area contributed by atoms with Crippen LogP contribution in [0.5, 0.6) is 0 Å². The second-order valence-corrected chi connectivity index (χ2v) is 33.5. The number of likely N-dealkylation sites (tertiary alicyclic amines) is 1. The number of Topliss-reactive ketones (excluding diaryl/α,β-unsaturated/α-hetero) is 5. The molecular formula is C81H143N3O31P-. The number of phosphoric acid groups is 1. The van der Waals surface area contributed by atoms with E-state index in [4.69, 9.17) is 47.2 Å². The number of β-amino-alcohol motifs (C(OH)–C–C–N with tert-alkyl or cyclic N) is 1. The van der Waals surface area contributed by atoms with E-state index in [1.54, 1.807) is 20.8 Å². The maximum atomic E-state index is 14.2. The van der Waals surface area contributed by atoms with E-state index in [1.165, 1.54) is 4.90 Å². The molecule has 674 valence electrons. The minimum Gasteiger partial charge on any atom is -0.756 e. The summed E-state index contributed by atoms with van der Waals surface area (Å²) in [5.41, 5.74) is -1.11. The fourth-order valence-electron chi connectivity index (χ4n) is 14.5. The maximum absolute atomic E-state index is 14.2. The summed E-state index contributed by atoms with van der Waals surface area (Å²) in [6.45, 7) is 4.53. The van der Waals surface area contributed by atoms with Gasteiger partial charge in [-0.2, -0.15) is 0 Å². The molecule has 0 bridgehead atoms. The zero-order valence-corrected chi connectivity index (χ0v) is 70.2. The number of ether oxygens (including phenoxy) is 9. The molecule has 3 amide bonds. The van der Waals surface area contributed by atoms with Crippen molar-refractivity contribution in [3.8, 4) is 0 Å². The van der Waals surface area contributed by atoms with Gasteiger partial charge in [-0.3, -0.25) is 42.9 Å². The van der Waals surface area contributed by atoms with Crippen LogP contribution in [0.1, 0.15) is 245 Å². The van der Waals surface area contributed by atoms with Crippen LogP contribution in [0.15, 0.2) is 0 Å². The van der Waals surface area contributed by atoms with E-state index in [-0.39, 0.29) is 190 Å². The molecule has 0 aliphatic carbocycles. The second-order valence-electron chi connectivity index (χ2n) is 32.0. The third-order valence-electron chi connectivity index (χ3n) is 22.0. The number of ketones is 5. The first-order chi connectivity index (χ1) is 55.6. The highest BCUT2D eigenvalue weighted by Gasteiger charge is 2.45. The van der Waals surface area contributed by atoms with Gasteiger partial charge in [-0.15, -0.1) is 0 Å². The van der Waals surface area contributed by atoms with E-state index >= 15 is 0 Å². The van der Waals surface area contributed by atoms with Gasteiger partial charge >= 0.3 is 0 Å². The van der Waals surface area contributed by atoms with Crippen LogP contribution in [-0.4, -0.2) is 301 Å². The van der Waals surface area contributed by atoms with Crippen molar-refractivity contribution in [2.24, 2.45) is 23.2 Å². The fraction of sp³-hybridized carbons (Fsp3) is 0.901. The van der Waals surface area contributed by atoms with Crippen molar-refractivity contribution in [1.29, 1.82) is 0 Å². The standard InChI is InChI=1S/C81H144N3O31P/c1-56-72(97)75(100)66(49-85)113-78(56)109-40-22-19-30-60(88)26-14-11-16-28-62(90)35-43-106-53-81(47-64(92)32-13-9-7-5-6-8-10-18-34-71(96)84-48-65(93)46-59(84)52-112-116(103,104)105-4,54-107-44-36-63(91)29-17-12-15-27-61(89)31-20-23-41-110-79-57(2)73(98)76(101)67(50-86)114-79)55-108-45-37-70(95)83-39-25-38-82-69(94)33-21-24-42-111-80-58(3)74(99)77(102)68(51-87)115-80/h56-59,65-68,72-80,85-87,93,97-102H,5-55H2,1-4H3,(H,82,94)(H,83,95)(H,103,104)/p-1/t56?,57?,58?,59-,65+,66?,67?,68?,72?,73?,74?,75?,76?,77?,78?,79?,80?,81?/m0/s1. The number of hydrogen-bond donors (Lipinski definition) is 12. The molecule has 4 rings (SSSR count). The minimum atomic E-state index is -4.50. The van der Waals surface area contributed by atoms with Gasteiger partial charge in [0.15, 0.2) is 18.9 Å². The first-order valence-electron chi connectivity index (χ1n) is 42.6. The molecule has 0 spiro atoms. The molecule has 35 heteroatoms. The summed E-state index contributed by atoms with van der Waals surface area (Å²) < 4.78 is 73.8. The predicted molar refractivity (Wildman–Crippen MR) is 418 cm³/mol. The third kappa shape index (κ3) is 41.8. The Labute approximate surface area is 685 Å². The van der Waals surface area contributed by atoms with Crippen LogP contribution in [0.2, 0.25) is 0 Å². The lowest BCUT2D eigenvalue weighted by molar-refractivity contribution is -0.282. The van der Waals surface area contributed by atoms with Crippen molar-refractivity contribution in [1.82, 2.24) is 15.5 Å². The number of aliphatic hydroxyl groups excluding tert-OH is 10. The zero-order valence-electron chi connectivity index (χ0n) is 69.3. The minimum absolute atomic E-state index is 0.0209. The molecular weight excluding hydrogens is 1540 g/mol. The Morgan fingerprint density at radius 3 is 1.14 bits per heavy atom. The van der Waals surface area contributed by atoms with Crippen LogP contribution in [0.4, 0.5) is 0 Å². The molecule has 4 saturated heterocycles. The number of carbonyl (C=O) groups is 8. The number of nitrogens with zero attached hydrogens (tertiary/aromatic N) is 1. The molecule has 18 atom stereocenters. The number of amides is 3.